The number of hydrogen-bond donors (Lipinski definition) is 1. The largest absolute Gasteiger partial charge is 0.452 e. The molecule has 176 valence electrons. The van der Waals surface area contributed by atoms with Crippen LogP contribution in [0, 0.1) is 17.0 Å². The number of anilines is 1. The van der Waals surface area contributed by atoms with Crippen LogP contribution in [0.1, 0.15) is 15.9 Å². The van der Waals surface area contributed by atoms with Crippen LogP contribution < -0.4 is 5.32 Å². The molecule has 0 radical (unpaired) electrons. The number of carbonyl (C=O) groups is 2. The third-order valence-electron chi connectivity index (χ3n) is 4.86. The molecule has 3 rings (SSSR count). The number of benzene rings is 2. The fraction of sp³-hybridized carbons (Fsp3) is 0.300. The first kappa shape index (κ1) is 24.6. The Hall–Kier alpha value is -3.06. The van der Waals surface area contributed by atoms with E-state index in [9.17, 15) is 28.1 Å². The molecular weight excluding hydrogens is 478 g/mol. The quantitative estimate of drug-likeness (QED) is 0.348. The van der Waals surface area contributed by atoms with E-state index in [1.165, 1.54) is 47.6 Å². The molecule has 13 heteroatoms. The van der Waals surface area contributed by atoms with Crippen molar-refractivity contribution in [3.63, 3.8) is 0 Å². The lowest BCUT2D eigenvalue weighted by Gasteiger charge is -2.26. The van der Waals surface area contributed by atoms with Crippen LogP contribution >= 0.6 is 11.6 Å². The van der Waals surface area contributed by atoms with Crippen molar-refractivity contribution in [3.05, 3.63) is 62.7 Å². The van der Waals surface area contributed by atoms with Crippen LogP contribution in [0.25, 0.3) is 0 Å². The van der Waals surface area contributed by atoms with Crippen molar-refractivity contribution >= 4 is 44.9 Å². The highest BCUT2D eigenvalue weighted by atomic mass is 35.5. The number of sulfonamides is 1. The van der Waals surface area contributed by atoms with Crippen LogP contribution in [0.3, 0.4) is 0 Å². The summed E-state index contributed by atoms with van der Waals surface area (Å²) in [5.41, 5.74) is -0.0335. The average Bonchev–Trinajstić information content (AvgIpc) is 2.79. The first-order valence-corrected chi connectivity index (χ1v) is 11.5. The molecule has 1 aliphatic rings. The van der Waals surface area contributed by atoms with Gasteiger partial charge in [0.15, 0.2) is 6.61 Å². The van der Waals surface area contributed by atoms with Crippen LogP contribution in [-0.4, -0.2) is 62.4 Å². The number of ether oxygens (including phenoxy) is 2. The van der Waals surface area contributed by atoms with Gasteiger partial charge in [-0.15, -0.1) is 0 Å². The Kier molecular flexibility index (Phi) is 7.64. The van der Waals surface area contributed by atoms with E-state index in [-0.39, 0.29) is 58.7 Å². The van der Waals surface area contributed by atoms with Gasteiger partial charge in [0.05, 0.1) is 28.7 Å². The fourth-order valence-electron chi connectivity index (χ4n) is 3.15. The monoisotopic (exact) mass is 497 g/mol. The molecule has 1 aliphatic heterocycles. The summed E-state index contributed by atoms with van der Waals surface area (Å²) in [7, 11) is -3.90. The number of carbonyl (C=O) groups excluding carboxylic acids is 2. The topological polar surface area (TPSA) is 145 Å². The van der Waals surface area contributed by atoms with Gasteiger partial charge in [0.1, 0.15) is 4.90 Å². The van der Waals surface area contributed by atoms with Gasteiger partial charge in [0, 0.05) is 30.4 Å². The number of nitrogens with zero attached hydrogens (tertiary/aromatic N) is 2. The fourth-order valence-corrected chi connectivity index (χ4v) is 5.06. The summed E-state index contributed by atoms with van der Waals surface area (Å²) in [6.07, 6.45) is 0. The molecule has 0 spiro atoms. The van der Waals surface area contributed by atoms with Gasteiger partial charge in [-0.25, -0.2) is 13.2 Å². The van der Waals surface area contributed by atoms with Crippen molar-refractivity contribution in [3.8, 4) is 0 Å². The van der Waals surface area contributed by atoms with E-state index in [1.54, 1.807) is 0 Å². The van der Waals surface area contributed by atoms with E-state index < -0.39 is 33.4 Å². The predicted molar refractivity (Wildman–Crippen MR) is 118 cm³/mol. The van der Waals surface area contributed by atoms with E-state index in [4.69, 9.17) is 21.1 Å². The third kappa shape index (κ3) is 5.66. The van der Waals surface area contributed by atoms with Crippen molar-refractivity contribution < 1.29 is 32.4 Å². The van der Waals surface area contributed by atoms with Crippen molar-refractivity contribution in [2.45, 2.75) is 11.8 Å². The van der Waals surface area contributed by atoms with Crippen molar-refractivity contribution in [2.24, 2.45) is 0 Å². The molecule has 1 fully saturated rings. The number of rotatable bonds is 7. The molecule has 0 aromatic heterocycles. The first-order chi connectivity index (χ1) is 15.6. The Balaban J connectivity index is 1.68. The Morgan fingerprint density at radius 3 is 2.61 bits per heavy atom. The minimum Gasteiger partial charge on any atom is -0.452 e. The third-order valence-corrected chi connectivity index (χ3v) is 7.24. The lowest BCUT2D eigenvalue weighted by molar-refractivity contribution is -0.385. The summed E-state index contributed by atoms with van der Waals surface area (Å²) in [6.45, 7) is 1.62. The number of halogens is 1. The molecule has 1 amide bonds. The van der Waals surface area contributed by atoms with Gasteiger partial charge in [0.25, 0.3) is 11.6 Å². The summed E-state index contributed by atoms with van der Waals surface area (Å²) in [4.78, 5) is 34.7. The van der Waals surface area contributed by atoms with Crippen molar-refractivity contribution in [1.29, 1.82) is 0 Å². The van der Waals surface area contributed by atoms with Gasteiger partial charge < -0.3 is 14.8 Å². The maximum absolute atomic E-state index is 12.9. The van der Waals surface area contributed by atoms with Gasteiger partial charge in [-0.2, -0.15) is 4.31 Å². The van der Waals surface area contributed by atoms with Crippen LogP contribution in [0.2, 0.25) is 5.02 Å². The number of hydrogen-bond acceptors (Lipinski definition) is 8. The van der Waals surface area contributed by atoms with E-state index in [0.717, 1.165) is 0 Å². The molecule has 1 N–H and O–H groups in total. The summed E-state index contributed by atoms with van der Waals surface area (Å²) in [5.74, 6) is -1.64. The minimum atomic E-state index is -3.90. The van der Waals surface area contributed by atoms with Crippen LogP contribution in [0.15, 0.2) is 41.3 Å². The molecule has 0 aliphatic carbocycles. The predicted octanol–water partition coefficient (Wildman–Crippen LogP) is 2.37. The zero-order valence-electron chi connectivity index (χ0n) is 17.4. The molecule has 1 saturated heterocycles. The van der Waals surface area contributed by atoms with Gasteiger partial charge in [-0.3, -0.25) is 14.9 Å². The Bertz CT molecular complexity index is 1200. The minimum absolute atomic E-state index is 0.00735. The highest BCUT2D eigenvalue weighted by Gasteiger charge is 2.29. The van der Waals surface area contributed by atoms with Crippen molar-refractivity contribution in [1.82, 2.24) is 4.31 Å². The zero-order chi connectivity index (χ0) is 24.2. The molecule has 0 bridgehead atoms. The van der Waals surface area contributed by atoms with Gasteiger partial charge >= 0.3 is 5.97 Å². The van der Waals surface area contributed by atoms with E-state index in [2.05, 4.69) is 5.32 Å². The standard InChI is InChI=1S/C20H20ClN3O8S/c1-13-15(3-2-4-17(13)24(27)28)20(26)32-12-19(25)22-14-5-6-16(21)18(11-14)33(29,30)23-7-9-31-10-8-23/h2-6,11H,7-10,12H2,1H3,(H,22,25). The second kappa shape index (κ2) is 10.3. The maximum atomic E-state index is 12.9. The molecule has 33 heavy (non-hydrogen) atoms. The first-order valence-electron chi connectivity index (χ1n) is 9.69. The highest BCUT2D eigenvalue weighted by molar-refractivity contribution is 7.89. The van der Waals surface area contributed by atoms with E-state index in [1.807, 2.05) is 0 Å². The second-order valence-electron chi connectivity index (χ2n) is 6.99. The summed E-state index contributed by atoms with van der Waals surface area (Å²) in [5, 5.41) is 13.5. The lowest BCUT2D eigenvalue weighted by atomic mass is 10.1. The lowest BCUT2D eigenvalue weighted by Crippen LogP contribution is -2.40. The van der Waals surface area contributed by atoms with Gasteiger partial charge in [0.2, 0.25) is 10.0 Å². The maximum Gasteiger partial charge on any atom is 0.339 e. The van der Waals surface area contributed by atoms with E-state index in [0.29, 0.717) is 0 Å². The van der Waals surface area contributed by atoms with E-state index >= 15 is 0 Å². The smallest absolute Gasteiger partial charge is 0.339 e. The summed E-state index contributed by atoms with van der Waals surface area (Å²) < 4.78 is 37.1. The van der Waals surface area contributed by atoms with Crippen LogP contribution in [-0.2, 0) is 24.3 Å². The van der Waals surface area contributed by atoms with Gasteiger partial charge in [-0.1, -0.05) is 17.7 Å². The highest BCUT2D eigenvalue weighted by Crippen LogP contribution is 2.28. The molecule has 2 aromatic rings. The Labute approximate surface area is 194 Å². The summed E-state index contributed by atoms with van der Waals surface area (Å²) >= 11 is 6.09. The average molecular weight is 498 g/mol. The molecular formula is C20H20ClN3O8S. The number of morpholine rings is 1. The molecule has 11 nitrogen and oxygen atoms in total. The SMILES string of the molecule is Cc1c(C(=O)OCC(=O)Nc2ccc(Cl)c(S(=O)(=O)N3CCOCC3)c2)cccc1[N+](=O)[O-]. The van der Waals surface area contributed by atoms with Crippen molar-refractivity contribution in [2.75, 3.05) is 38.2 Å². The van der Waals surface area contributed by atoms with Gasteiger partial charge in [-0.05, 0) is 31.2 Å². The van der Waals surface area contributed by atoms with Crippen LogP contribution in [0.5, 0.6) is 0 Å². The zero-order valence-corrected chi connectivity index (χ0v) is 19.0. The number of nitro groups is 1. The molecule has 0 unspecified atom stereocenters. The Morgan fingerprint density at radius 1 is 1.24 bits per heavy atom. The Morgan fingerprint density at radius 2 is 1.94 bits per heavy atom. The number of esters is 1. The normalized spacial score (nSPS) is 14.5. The molecule has 2 aromatic carbocycles. The number of nitrogens with one attached hydrogen (secondary N) is 1. The molecule has 1 heterocycles. The molecule has 0 saturated carbocycles. The number of nitro benzene ring substituents is 1. The molecule has 0 atom stereocenters. The van der Waals surface area contributed by atoms with Crippen LogP contribution in [0.4, 0.5) is 11.4 Å². The summed E-state index contributed by atoms with van der Waals surface area (Å²) in [6, 6.07) is 7.91. The number of amides is 1. The second-order valence-corrected chi connectivity index (χ2v) is 9.31.